The highest BCUT2D eigenvalue weighted by molar-refractivity contribution is 6.04. The van der Waals surface area contributed by atoms with Crippen molar-refractivity contribution in [2.45, 2.75) is 27.2 Å². The largest absolute Gasteiger partial charge is 0.345 e. The van der Waals surface area contributed by atoms with Gasteiger partial charge in [0.25, 0.3) is 0 Å². The van der Waals surface area contributed by atoms with Crippen molar-refractivity contribution >= 4 is 11.7 Å². The Morgan fingerprint density at radius 3 is 2.23 bits per heavy atom. The van der Waals surface area contributed by atoms with Gasteiger partial charge in [0.1, 0.15) is 11.7 Å². The molecule has 1 rings (SSSR count). The third-order valence-corrected chi connectivity index (χ3v) is 2.50. The summed E-state index contributed by atoms with van der Waals surface area (Å²) in [4.78, 5) is 24.9. The van der Waals surface area contributed by atoms with Crippen molar-refractivity contribution in [2.75, 3.05) is 13.6 Å². The molecular formula is C10H17NO2. The van der Waals surface area contributed by atoms with E-state index in [1.807, 2.05) is 20.8 Å². The Labute approximate surface area is 79.1 Å². The van der Waals surface area contributed by atoms with E-state index in [9.17, 15) is 9.59 Å². The minimum absolute atomic E-state index is 0.0243. The fourth-order valence-corrected chi connectivity index (χ4v) is 1.74. The number of carbonyl (C=O) groups is 2. The fraction of sp³-hybridized carbons (Fsp3) is 0.800. The van der Waals surface area contributed by atoms with E-state index in [0.717, 1.165) is 0 Å². The summed E-state index contributed by atoms with van der Waals surface area (Å²) in [6.07, 6.45) is 0.504. The maximum absolute atomic E-state index is 11.7. The van der Waals surface area contributed by atoms with E-state index in [1.165, 1.54) is 0 Å². The van der Waals surface area contributed by atoms with Gasteiger partial charge in [-0.2, -0.15) is 0 Å². The van der Waals surface area contributed by atoms with Gasteiger partial charge in [-0.15, -0.1) is 0 Å². The number of carbonyl (C=O) groups excluding carboxylic acids is 2. The highest BCUT2D eigenvalue weighted by Gasteiger charge is 2.41. The van der Waals surface area contributed by atoms with E-state index in [2.05, 4.69) is 0 Å². The molecule has 3 heteroatoms. The van der Waals surface area contributed by atoms with Gasteiger partial charge in [-0.25, -0.2) is 0 Å². The molecule has 1 heterocycles. The number of piperidine rings is 1. The van der Waals surface area contributed by atoms with Gasteiger partial charge >= 0.3 is 0 Å². The molecule has 0 bridgehead atoms. The molecule has 74 valence electrons. The fourth-order valence-electron chi connectivity index (χ4n) is 1.74. The average Bonchev–Trinajstić information content (AvgIpc) is 1.95. The standard InChI is InChI=1S/C10H17NO2/c1-10(2,3)8-7(12)5-6-11(4)9(8)13/h8H,5-6H2,1-4H3. The zero-order valence-electron chi connectivity index (χ0n) is 8.76. The van der Waals surface area contributed by atoms with Crippen LogP contribution in [-0.4, -0.2) is 30.2 Å². The van der Waals surface area contributed by atoms with Gasteiger partial charge in [0.05, 0.1) is 0 Å². The Morgan fingerprint density at radius 2 is 1.85 bits per heavy atom. The van der Waals surface area contributed by atoms with Gasteiger partial charge in [-0.05, 0) is 5.41 Å². The molecule has 0 aromatic carbocycles. The maximum atomic E-state index is 11.7. The summed E-state index contributed by atoms with van der Waals surface area (Å²) in [6.45, 7) is 6.39. The third-order valence-electron chi connectivity index (χ3n) is 2.50. The van der Waals surface area contributed by atoms with Gasteiger partial charge in [-0.3, -0.25) is 9.59 Å². The SMILES string of the molecule is CN1CCC(=O)C(C(C)(C)C)C1=O. The van der Waals surface area contributed by atoms with Gasteiger partial charge in [0.2, 0.25) is 5.91 Å². The van der Waals surface area contributed by atoms with E-state index in [1.54, 1.807) is 11.9 Å². The van der Waals surface area contributed by atoms with Crippen LogP contribution in [0.1, 0.15) is 27.2 Å². The molecule has 0 aromatic heterocycles. The van der Waals surface area contributed by atoms with E-state index < -0.39 is 5.92 Å². The summed E-state index contributed by atoms with van der Waals surface area (Å²) in [5.41, 5.74) is -0.247. The zero-order chi connectivity index (χ0) is 10.2. The van der Waals surface area contributed by atoms with Crippen molar-refractivity contribution in [3.63, 3.8) is 0 Å². The number of rotatable bonds is 0. The molecule has 1 aliphatic rings. The topological polar surface area (TPSA) is 37.4 Å². The van der Waals surface area contributed by atoms with Gasteiger partial charge in [0, 0.05) is 20.0 Å². The molecule has 3 nitrogen and oxygen atoms in total. The monoisotopic (exact) mass is 183 g/mol. The highest BCUT2D eigenvalue weighted by atomic mass is 16.2. The summed E-state index contributed by atoms with van der Waals surface area (Å²) in [6, 6.07) is 0. The summed E-state index contributed by atoms with van der Waals surface area (Å²) in [5.74, 6) is -0.370. The van der Waals surface area contributed by atoms with E-state index in [0.29, 0.717) is 13.0 Å². The number of Topliss-reactive ketones (excluding diaryl/α,β-unsaturated/α-hetero) is 1. The van der Waals surface area contributed by atoms with Crippen molar-refractivity contribution in [3.05, 3.63) is 0 Å². The quantitative estimate of drug-likeness (QED) is 0.527. The molecule has 0 aliphatic carbocycles. The first-order valence-electron chi connectivity index (χ1n) is 4.61. The Kier molecular flexibility index (Phi) is 2.46. The Balaban J connectivity index is 2.91. The van der Waals surface area contributed by atoms with E-state index in [4.69, 9.17) is 0 Å². The van der Waals surface area contributed by atoms with Crippen molar-refractivity contribution < 1.29 is 9.59 Å². The predicted octanol–water partition coefficient (Wildman–Crippen LogP) is 1.08. The Bertz CT molecular complexity index is 240. The molecule has 1 aliphatic heterocycles. The number of hydrogen-bond donors (Lipinski definition) is 0. The number of nitrogens with zero attached hydrogens (tertiary/aromatic N) is 1. The van der Waals surface area contributed by atoms with Gasteiger partial charge in [0.15, 0.2) is 0 Å². The van der Waals surface area contributed by atoms with Crippen LogP contribution in [0, 0.1) is 11.3 Å². The number of amides is 1. The zero-order valence-corrected chi connectivity index (χ0v) is 8.76. The molecule has 0 radical (unpaired) electrons. The van der Waals surface area contributed by atoms with Crippen LogP contribution >= 0.6 is 0 Å². The smallest absolute Gasteiger partial charge is 0.233 e. The lowest BCUT2D eigenvalue weighted by molar-refractivity contribution is -0.149. The third kappa shape index (κ3) is 1.90. The van der Waals surface area contributed by atoms with Crippen molar-refractivity contribution in [3.8, 4) is 0 Å². The molecule has 1 atom stereocenters. The molecule has 0 N–H and O–H groups in total. The minimum atomic E-state index is -0.439. The molecule has 1 saturated heterocycles. The summed E-state index contributed by atoms with van der Waals surface area (Å²) < 4.78 is 0. The van der Waals surface area contributed by atoms with Gasteiger partial charge < -0.3 is 4.90 Å². The minimum Gasteiger partial charge on any atom is -0.345 e. The summed E-state index contributed by atoms with van der Waals surface area (Å²) in [7, 11) is 1.76. The Morgan fingerprint density at radius 1 is 1.31 bits per heavy atom. The van der Waals surface area contributed by atoms with Crippen molar-refractivity contribution in [1.82, 2.24) is 4.90 Å². The maximum Gasteiger partial charge on any atom is 0.233 e. The van der Waals surface area contributed by atoms with Crippen LogP contribution in [-0.2, 0) is 9.59 Å². The second kappa shape index (κ2) is 3.13. The normalized spacial score (nSPS) is 25.2. The second-order valence-corrected chi connectivity index (χ2v) is 4.78. The molecular weight excluding hydrogens is 166 g/mol. The predicted molar refractivity (Wildman–Crippen MR) is 50.2 cm³/mol. The van der Waals surface area contributed by atoms with Crippen LogP contribution < -0.4 is 0 Å². The molecule has 13 heavy (non-hydrogen) atoms. The highest BCUT2D eigenvalue weighted by Crippen LogP contribution is 2.31. The van der Waals surface area contributed by atoms with E-state index in [-0.39, 0.29) is 17.1 Å². The first kappa shape index (κ1) is 10.2. The molecule has 1 unspecified atom stereocenters. The summed E-state index contributed by atoms with van der Waals surface area (Å²) >= 11 is 0. The number of ketones is 1. The molecule has 0 aromatic rings. The van der Waals surface area contributed by atoms with Crippen LogP contribution in [0.4, 0.5) is 0 Å². The molecule has 0 saturated carbocycles. The first-order valence-corrected chi connectivity index (χ1v) is 4.61. The van der Waals surface area contributed by atoms with Crippen LogP contribution in [0.15, 0.2) is 0 Å². The van der Waals surface area contributed by atoms with Gasteiger partial charge in [-0.1, -0.05) is 20.8 Å². The van der Waals surface area contributed by atoms with Crippen LogP contribution in [0.2, 0.25) is 0 Å². The molecule has 1 amide bonds. The second-order valence-electron chi connectivity index (χ2n) is 4.78. The van der Waals surface area contributed by atoms with E-state index >= 15 is 0 Å². The van der Waals surface area contributed by atoms with Crippen LogP contribution in [0.3, 0.4) is 0 Å². The lowest BCUT2D eigenvalue weighted by Gasteiger charge is -2.35. The first-order chi connectivity index (χ1) is 5.84. The summed E-state index contributed by atoms with van der Waals surface area (Å²) in [5, 5.41) is 0. The average molecular weight is 183 g/mol. The lowest BCUT2D eigenvalue weighted by atomic mass is 9.75. The van der Waals surface area contributed by atoms with Crippen molar-refractivity contribution in [1.29, 1.82) is 0 Å². The lowest BCUT2D eigenvalue weighted by Crippen LogP contribution is -2.48. The van der Waals surface area contributed by atoms with Crippen LogP contribution in [0.5, 0.6) is 0 Å². The van der Waals surface area contributed by atoms with Crippen molar-refractivity contribution in [2.24, 2.45) is 11.3 Å². The van der Waals surface area contributed by atoms with Crippen LogP contribution in [0.25, 0.3) is 0 Å². The Hall–Kier alpha value is -0.860. The number of likely N-dealkylation sites (tertiary alicyclic amines) is 1. The molecule has 1 fully saturated rings. The number of hydrogen-bond acceptors (Lipinski definition) is 2. The molecule has 0 spiro atoms.